The van der Waals surface area contributed by atoms with Crippen LogP contribution in [-0.2, 0) is 4.74 Å². The van der Waals surface area contributed by atoms with Crippen LogP contribution in [0.4, 0.5) is 4.79 Å². The molecule has 1 aromatic carbocycles. The number of carbonyl (C=O) groups excluding carboxylic acids is 2. The maximum atomic E-state index is 12.6. The Morgan fingerprint density at radius 1 is 1.30 bits per heavy atom. The van der Waals surface area contributed by atoms with Gasteiger partial charge in [-0.1, -0.05) is 25.4 Å². The van der Waals surface area contributed by atoms with Crippen molar-refractivity contribution in [3.05, 3.63) is 35.0 Å². The molecule has 0 saturated heterocycles. The van der Waals surface area contributed by atoms with Crippen molar-refractivity contribution >= 4 is 34.4 Å². The largest absolute Gasteiger partial charge is 0.443 e. The Balaban J connectivity index is 2.59. The number of aromatic nitrogens is 1. The lowest BCUT2D eigenvalue weighted by atomic mass is 9.97. The van der Waals surface area contributed by atoms with Crippen LogP contribution in [0.25, 0.3) is 10.9 Å². The first-order valence-electron chi connectivity index (χ1n) is 7.72. The number of ether oxygens (including phenoxy) is 1. The van der Waals surface area contributed by atoms with Crippen LogP contribution in [0.15, 0.2) is 24.4 Å². The molecule has 0 saturated carbocycles. The smallest absolute Gasteiger partial charge is 0.419 e. The van der Waals surface area contributed by atoms with Crippen LogP contribution in [0, 0.1) is 5.92 Å². The summed E-state index contributed by atoms with van der Waals surface area (Å²) >= 11 is 6.07. The minimum Gasteiger partial charge on any atom is -0.443 e. The van der Waals surface area contributed by atoms with Crippen molar-refractivity contribution in [2.45, 2.75) is 46.6 Å². The number of fused-ring (bicyclic) bond motifs is 1. The van der Waals surface area contributed by atoms with E-state index >= 15 is 0 Å². The molecule has 0 spiro atoms. The van der Waals surface area contributed by atoms with Gasteiger partial charge in [0.25, 0.3) is 0 Å². The summed E-state index contributed by atoms with van der Waals surface area (Å²) in [7, 11) is 0. The molecule has 0 aliphatic heterocycles. The molecule has 0 radical (unpaired) electrons. The van der Waals surface area contributed by atoms with E-state index in [9.17, 15) is 9.59 Å². The quantitative estimate of drug-likeness (QED) is 0.714. The van der Waals surface area contributed by atoms with Crippen molar-refractivity contribution in [2.75, 3.05) is 0 Å². The Morgan fingerprint density at radius 3 is 2.52 bits per heavy atom. The molecule has 0 aliphatic carbocycles. The van der Waals surface area contributed by atoms with E-state index in [0.717, 1.165) is 6.42 Å². The maximum absolute atomic E-state index is 12.6. The van der Waals surface area contributed by atoms with Crippen LogP contribution in [-0.4, -0.2) is 22.0 Å². The van der Waals surface area contributed by atoms with Gasteiger partial charge in [-0.3, -0.25) is 9.36 Å². The minimum absolute atomic E-state index is 0.00192. The molecular weight excluding hydrogens is 314 g/mol. The average molecular weight is 336 g/mol. The Morgan fingerprint density at radius 2 is 1.96 bits per heavy atom. The molecule has 0 aliphatic rings. The van der Waals surface area contributed by atoms with Gasteiger partial charge in [0.15, 0.2) is 5.78 Å². The van der Waals surface area contributed by atoms with E-state index in [1.165, 1.54) is 4.57 Å². The highest BCUT2D eigenvalue weighted by molar-refractivity contribution is 6.31. The van der Waals surface area contributed by atoms with Crippen LogP contribution in [0.5, 0.6) is 0 Å². The summed E-state index contributed by atoms with van der Waals surface area (Å²) in [4.78, 5) is 25.0. The van der Waals surface area contributed by atoms with Crippen molar-refractivity contribution in [1.29, 1.82) is 0 Å². The van der Waals surface area contributed by atoms with Crippen LogP contribution in [0.1, 0.15) is 51.4 Å². The third-order valence-electron chi connectivity index (χ3n) is 3.68. The van der Waals surface area contributed by atoms with Gasteiger partial charge in [0.05, 0.1) is 5.52 Å². The first-order valence-corrected chi connectivity index (χ1v) is 8.10. The summed E-state index contributed by atoms with van der Waals surface area (Å²) in [6.45, 7) is 9.25. The number of benzene rings is 1. The second-order valence-electron chi connectivity index (χ2n) is 6.73. The van der Waals surface area contributed by atoms with Crippen LogP contribution >= 0.6 is 11.6 Å². The van der Waals surface area contributed by atoms with Gasteiger partial charge < -0.3 is 4.74 Å². The van der Waals surface area contributed by atoms with E-state index in [4.69, 9.17) is 16.3 Å². The second kappa shape index (κ2) is 6.36. The fourth-order valence-electron chi connectivity index (χ4n) is 2.31. The first-order chi connectivity index (χ1) is 10.6. The maximum Gasteiger partial charge on any atom is 0.419 e. The third kappa shape index (κ3) is 3.75. The molecule has 124 valence electrons. The normalized spacial score (nSPS) is 13.1. The summed E-state index contributed by atoms with van der Waals surface area (Å²) in [5.41, 5.74) is 0.513. The molecule has 0 amide bonds. The van der Waals surface area contributed by atoms with E-state index in [0.29, 0.717) is 21.5 Å². The van der Waals surface area contributed by atoms with E-state index in [-0.39, 0.29) is 11.7 Å². The monoisotopic (exact) mass is 335 g/mol. The molecule has 1 aromatic heterocycles. The molecule has 2 rings (SSSR count). The zero-order valence-corrected chi connectivity index (χ0v) is 14.9. The predicted octanol–water partition coefficient (Wildman–Crippen LogP) is 5.31. The van der Waals surface area contributed by atoms with Crippen molar-refractivity contribution in [2.24, 2.45) is 5.92 Å². The van der Waals surface area contributed by atoms with Gasteiger partial charge in [-0.15, -0.1) is 0 Å². The highest BCUT2D eigenvalue weighted by atomic mass is 35.5. The molecule has 23 heavy (non-hydrogen) atoms. The second-order valence-corrected chi connectivity index (χ2v) is 7.16. The van der Waals surface area contributed by atoms with E-state index in [1.54, 1.807) is 45.2 Å². The molecule has 0 fully saturated rings. The third-order valence-corrected chi connectivity index (χ3v) is 3.92. The Hall–Kier alpha value is -1.81. The molecule has 1 atom stereocenters. The minimum atomic E-state index is -0.610. The number of Topliss-reactive ketones (excluding diaryl/α,β-unsaturated/α-hetero) is 1. The highest BCUT2D eigenvalue weighted by Crippen LogP contribution is 2.28. The molecule has 2 aromatic rings. The molecule has 0 bridgehead atoms. The molecule has 1 unspecified atom stereocenters. The van der Waals surface area contributed by atoms with E-state index in [1.807, 2.05) is 13.8 Å². The zero-order valence-electron chi connectivity index (χ0n) is 14.1. The lowest BCUT2D eigenvalue weighted by Gasteiger charge is -2.19. The zero-order chi connectivity index (χ0) is 17.4. The number of ketones is 1. The van der Waals surface area contributed by atoms with Crippen molar-refractivity contribution in [3.63, 3.8) is 0 Å². The van der Waals surface area contributed by atoms with Gasteiger partial charge in [-0.05, 0) is 45.4 Å². The Kier molecular flexibility index (Phi) is 4.85. The lowest BCUT2D eigenvalue weighted by Crippen LogP contribution is -2.26. The van der Waals surface area contributed by atoms with Crippen LogP contribution in [0.3, 0.4) is 0 Å². The van der Waals surface area contributed by atoms with Crippen LogP contribution in [0.2, 0.25) is 5.02 Å². The summed E-state index contributed by atoms with van der Waals surface area (Å²) in [5, 5.41) is 1.20. The van der Waals surface area contributed by atoms with Gasteiger partial charge in [0, 0.05) is 28.1 Å². The summed E-state index contributed by atoms with van der Waals surface area (Å²) in [6, 6.07) is 5.14. The SMILES string of the molecule is CCC(C)C(=O)c1cn(C(=O)OC(C)(C)C)c2ccc(Cl)cc12. The van der Waals surface area contributed by atoms with Gasteiger partial charge in [-0.2, -0.15) is 0 Å². The van der Waals surface area contributed by atoms with Gasteiger partial charge >= 0.3 is 6.09 Å². The van der Waals surface area contributed by atoms with Gasteiger partial charge in [0.2, 0.25) is 0 Å². The highest BCUT2D eigenvalue weighted by Gasteiger charge is 2.24. The number of hydrogen-bond acceptors (Lipinski definition) is 3. The van der Waals surface area contributed by atoms with Gasteiger partial charge in [0.1, 0.15) is 5.60 Å². The number of hydrogen-bond donors (Lipinski definition) is 0. The summed E-state index contributed by atoms with van der Waals surface area (Å²) in [5.74, 6) is -0.117. The fraction of sp³-hybridized carbons (Fsp3) is 0.444. The Labute approximate surface area is 141 Å². The lowest BCUT2D eigenvalue weighted by molar-refractivity contribution is 0.0544. The predicted molar refractivity (Wildman–Crippen MR) is 92.4 cm³/mol. The number of nitrogens with zero attached hydrogens (tertiary/aromatic N) is 1. The first kappa shape index (κ1) is 17.5. The number of halogens is 1. The van der Waals surface area contributed by atoms with Crippen LogP contribution < -0.4 is 0 Å². The molecule has 0 N–H and O–H groups in total. The van der Waals surface area contributed by atoms with Gasteiger partial charge in [-0.25, -0.2) is 4.79 Å². The van der Waals surface area contributed by atoms with Crippen molar-refractivity contribution in [3.8, 4) is 0 Å². The Bertz CT molecular complexity index is 755. The number of rotatable bonds is 3. The molecule has 4 nitrogen and oxygen atoms in total. The van der Waals surface area contributed by atoms with E-state index in [2.05, 4.69) is 0 Å². The van der Waals surface area contributed by atoms with E-state index < -0.39 is 11.7 Å². The molecule has 1 heterocycles. The summed E-state index contributed by atoms with van der Waals surface area (Å²) in [6.07, 6.45) is 1.79. The average Bonchev–Trinajstić information content (AvgIpc) is 2.82. The fourth-order valence-corrected chi connectivity index (χ4v) is 2.48. The molecule has 5 heteroatoms. The van der Waals surface area contributed by atoms with Crippen molar-refractivity contribution < 1.29 is 14.3 Å². The topological polar surface area (TPSA) is 48.3 Å². The number of carbonyl (C=O) groups is 2. The van der Waals surface area contributed by atoms with Crippen molar-refractivity contribution in [1.82, 2.24) is 4.57 Å². The molecular formula is C18H22ClNO3. The standard InChI is InChI=1S/C18H22ClNO3/c1-6-11(2)16(21)14-10-20(17(22)23-18(3,4)5)15-8-7-12(19)9-13(14)15/h7-11H,6H2,1-5H3. The summed E-state index contributed by atoms with van der Waals surface area (Å²) < 4.78 is 6.80.